The molecule has 1 aromatic heterocycles. The lowest BCUT2D eigenvalue weighted by atomic mass is 10.1. The van der Waals surface area contributed by atoms with Crippen molar-refractivity contribution in [2.75, 3.05) is 33.3 Å². The molecule has 6 heteroatoms. The number of aliphatic hydroxyl groups is 2. The summed E-state index contributed by atoms with van der Waals surface area (Å²) < 4.78 is 5.87. The second-order valence-corrected chi connectivity index (χ2v) is 8.85. The number of nitrogens with zero attached hydrogens (tertiary/aromatic N) is 3. The Kier molecular flexibility index (Phi) is 7.71. The quantitative estimate of drug-likeness (QED) is 0.538. The summed E-state index contributed by atoms with van der Waals surface area (Å²) in [4.78, 5) is 8.85. The van der Waals surface area contributed by atoms with Gasteiger partial charge in [-0.3, -0.25) is 9.88 Å². The van der Waals surface area contributed by atoms with Crippen LogP contribution in [-0.4, -0.2) is 70.5 Å². The Labute approximate surface area is 190 Å². The summed E-state index contributed by atoms with van der Waals surface area (Å²) in [6.45, 7) is 4.15. The second kappa shape index (κ2) is 10.9. The Bertz CT molecular complexity index is 1000. The first kappa shape index (κ1) is 22.7. The van der Waals surface area contributed by atoms with Gasteiger partial charge in [-0.05, 0) is 61.3 Å². The number of hydrogen-bond acceptors (Lipinski definition) is 6. The SMILES string of the molecule is CN(Cc1cccc(OCC(O)CN2CCC(O)CC2)c1)Cc1ccc2ncccc2c1. The molecule has 1 saturated heterocycles. The zero-order valence-corrected chi connectivity index (χ0v) is 18.7. The predicted octanol–water partition coefficient (Wildman–Crippen LogP) is 3.06. The largest absolute Gasteiger partial charge is 0.491 e. The molecule has 0 saturated carbocycles. The molecule has 0 radical (unpaired) electrons. The number of piperidine rings is 1. The summed E-state index contributed by atoms with van der Waals surface area (Å²) in [6.07, 6.45) is 2.64. The molecule has 3 aromatic rings. The lowest BCUT2D eigenvalue weighted by Gasteiger charge is -2.30. The van der Waals surface area contributed by atoms with E-state index in [0.29, 0.717) is 6.54 Å². The maximum atomic E-state index is 10.3. The van der Waals surface area contributed by atoms with Gasteiger partial charge < -0.3 is 19.8 Å². The molecule has 1 aliphatic rings. The Morgan fingerprint density at radius 2 is 1.84 bits per heavy atom. The highest BCUT2D eigenvalue weighted by molar-refractivity contribution is 5.78. The van der Waals surface area contributed by atoms with Crippen LogP contribution in [0.5, 0.6) is 5.75 Å². The number of likely N-dealkylation sites (tertiary alicyclic amines) is 1. The van der Waals surface area contributed by atoms with Crippen molar-refractivity contribution in [3.63, 3.8) is 0 Å². The number of hydrogen-bond donors (Lipinski definition) is 2. The van der Waals surface area contributed by atoms with E-state index >= 15 is 0 Å². The highest BCUT2D eigenvalue weighted by Crippen LogP contribution is 2.18. The third-order valence-corrected chi connectivity index (χ3v) is 5.94. The first-order valence-electron chi connectivity index (χ1n) is 11.4. The predicted molar refractivity (Wildman–Crippen MR) is 127 cm³/mol. The van der Waals surface area contributed by atoms with Gasteiger partial charge in [-0.1, -0.05) is 24.3 Å². The molecule has 2 N–H and O–H groups in total. The van der Waals surface area contributed by atoms with Crippen molar-refractivity contribution in [3.8, 4) is 5.75 Å². The first-order chi connectivity index (χ1) is 15.5. The topological polar surface area (TPSA) is 69.1 Å². The lowest BCUT2D eigenvalue weighted by molar-refractivity contribution is 0.0337. The number of β-amino-alcohol motifs (C(OH)–C–C–N with tert-alkyl or cyclic N) is 1. The third kappa shape index (κ3) is 6.50. The smallest absolute Gasteiger partial charge is 0.119 e. The van der Waals surface area contributed by atoms with Crippen molar-refractivity contribution in [2.45, 2.75) is 38.1 Å². The fourth-order valence-corrected chi connectivity index (χ4v) is 4.28. The van der Waals surface area contributed by atoms with Gasteiger partial charge in [0.1, 0.15) is 18.5 Å². The summed E-state index contributed by atoms with van der Waals surface area (Å²) >= 11 is 0. The Hall–Kier alpha value is -2.51. The van der Waals surface area contributed by atoms with Gasteiger partial charge >= 0.3 is 0 Å². The number of aliphatic hydroxyl groups excluding tert-OH is 2. The fourth-order valence-electron chi connectivity index (χ4n) is 4.28. The average Bonchev–Trinajstić information content (AvgIpc) is 2.79. The molecule has 0 amide bonds. The van der Waals surface area contributed by atoms with E-state index in [-0.39, 0.29) is 12.7 Å². The fraction of sp³-hybridized carbons (Fsp3) is 0.423. The van der Waals surface area contributed by atoms with Gasteiger partial charge in [0.2, 0.25) is 0 Å². The van der Waals surface area contributed by atoms with Gasteiger partial charge in [0.05, 0.1) is 11.6 Å². The number of benzene rings is 2. The lowest BCUT2D eigenvalue weighted by Crippen LogP contribution is -2.41. The van der Waals surface area contributed by atoms with E-state index in [9.17, 15) is 10.2 Å². The molecule has 32 heavy (non-hydrogen) atoms. The van der Waals surface area contributed by atoms with Crippen LogP contribution in [0.3, 0.4) is 0 Å². The minimum absolute atomic E-state index is 0.196. The van der Waals surface area contributed by atoms with Crippen molar-refractivity contribution in [2.24, 2.45) is 0 Å². The van der Waals surface area contributed by atoms with E-state index in [0.717, 1.165) is 55.7 Å². The number of aromatic nitrogens is 1. The molecule has 170 valence electrons. The van der Waals surface area contributed by atoms with Gasteiger partial charge in [-0.15, -0.1) is 0 Å². The molecule has 1 atom stereocenters. The molecule has 1 fully saturated rings. The van der Waals surface area contributed by atoms with E-state index in [1.807, 2.05) is 30.5 Å². The highest BCUT2D eigenvalue weighted by atomic mass is 16.5. The minimum Gasteiger partial charge on any atom is -0.491 e. The molecular weight excluding hydrogens is 402 g/mol. The Morgan fingerprint density at radius 1 is 1.06 bits per heavy atom. The zero-order valence-electron chi connectivity index (χ0n) is 18.7. The third-order valence-electron chi connectivity index (χ3n) is 5.94. The van der Waals surface area contributed by atoms with Crippen LogP contribution in [0.15, 0.2) is 60.8 Å². The molecule has 2 heterocycles. The molecule has 6 nitrogen and oxygen atoms in total. The van der Waals surface area contributed by atoms with Crippen LogP contribution in [0.2, 0.25) is 0 Å². The van der Waals surface area contributed by atoms with Crippen LogP contribution < -0.4 is 4.74 Å². The summed E-state index contributed by atoms with van der Waals surface area (Å²) in [5, 5.41) is 21.1. The maximum absolute atomic E-state index is 10.3. The van der Waals surface area contributed by atoms with Crippen molar-refractivity contribution >= 4 is 10.9 Å². The van der Waals surface area contributed by atoms with E-state index in [2.05, 4.69) is 52.2 Å². The van der Waals surface area contributed by atoms with E-state index in [1.54, 1.807) is 0 Å². The molecular formula is C26H33N3O3. The zero-order chi connectivity index (χ0) is 22.3. The van der Waals surface area contributed by atoms with Gasteiger partial charge in [0.25, 0.3) is 0 Å². The van der Waals surface area contributed by atoms with Crippen LogP contribution in [0.4, 0.5) is 0 Å². The van der Waals surface area contributed by atoms with Crippen molar-refractivity contribution in [1.29, 1.82) is 0 Å². The van der Waals surface area contributed by atoms with E-state index in [4.69, 9.17) is 4.74 Å². The van der Waals surface area contributed by atoms with Crippen LogP contribution in [0.1, 0.15) is 24.0 Å². The summed E-state index contributed by atoms with van der Waals surface area (Å²) in [5.41, 5.74) is 3.45. The van der Waals surface area contributed by atoms with Gasteiger partial charge in [0.15, 0.2) is 0 Å². The van der Waals surface area contributed by atoms with Crippen molar-refractivity contribution < 1.29 is 14.9 Å². The minimum atomic E-state index is -0.543. The molecule has 1 unspecified atom stereocenters. The second-order valence-electron chi connectivity index (χ2n) is 8.85. The summed E-state index contributed by atoms with van der Waals surface area (Å²) in [7, 11) is 2.11. The number of pyridine rings is 1. The highest BCUT2D eigenvalue weighted by Gasteiger charge is 2.19. The standard InChI is InChI=1S/C26H33N3O3/c1-28(17-21-7-8-26-22(14-21)5-3-11-27-26)16-20-4-2-6-25(15-20)32-19-24(31)18-29-12-9-23(30)10-13-29/h2-8,11,14-15,23-24,30-31H,9-10,12-13,16-19H2,1H3. The molecule has 0 bridgehead atoms. The summed E-state index contributed by atoms with van der Waals surface area (Å²) in [5.74, 6) is 0.779. The normalized spacial score (nSPS) is 16.5. The maximum Gasteiger partial charge on any atom is 0.119 e. The average molecular weight is 436 g/mol. The van der Waals surface area contributed by atoms with Crippen LogP contribution in [-0.2, 0) is 13.1 Å². The van der Waals surface area contributed by atoms with Crippen molar-refractivity contribution in [3.05, 3.63) is 71.9 Å². The number of fused-ring (bicyclic) bond motifs is 1. The Morgan fingerprint density at radius 3 is 2.66 bits per heavy atom. The Balaban J connectivity index is 1.26. The molecule has 1 aliphatic heterocycles. The molecule has 4 rings (SSSR count). The van der Waals surface area contributed by atoms with E-state index in [1.165, 1.54) is 11.1 Å². The monoisotopic (exact) mass is 435 g/mol. The van der Waals surface area contributed by atoms with Gasteiger partial charge in [-0.2, -0.15) is 0 Å². The summed E-state index contributed by atoms with van der Waals surface area (Å²) in [6, 6.07) is 18.5. The number of ether oxygens (including phenoxy) is 1. The molecule has 0 aliphatic carbocycles. The van der Waals surface area contributed by atoms with Gasteiger partial charge in [-0.25, -0.2) is 0 Å². The van der Waals surface area contributed by atoms with Crippen LogP contribution in [0, 0.1) is 0 Å². The van der Waals surface area contributed by atoms with Gasteiger partial charge in [0, 0.05) is 44.3 Å². The van der Waals surface area contributed by atoms with Crippen LogP contribution in [0.25, 0.3) is 10.9 Å². The van der Waals surface area contributed by atoms with Crippen molar-refractivity contribution in [1.82, 2.24) is 14.8 Å². The number of rotatable bonds is 9. The van der Waals surface area contributed by atoms with Crippen LogP contribution >= 0.6 is 0 Å². The van der Waals surface area contributed by atoms with E-state index < -0.39 is 6.10 Å². The molecule has 2 aromatic carbocycles. The first-order valence-corrected chi connectivity index (χ1v) is 11.4. The molecule has 0 spiro atoms.